The number of hydrogen-bond donors (Lipinski definition) is 1. The number of halogens is 1. The fourth-order valence-corrected chi connectivity index (χ4v) is 5.00. The zero-order chi connectivity index (χ0) is 20.4. The molecule has 0 spiro atoms. The van der Waals surface area contributed by atoms with E-state index in [4.69, 9.17) is 9.47 Å². The third-order valence-corrected chi connectivity index (χ3v) is 6.55. The number of fused-ring (bicyclic) bond motifs is 1. The van der Waals surface area contributed by atoms with Gasteiger partial charge in [0.05, 0.1) is 13.2 Å². The van der Waals surface area contributed by atoms with E-state index in [1.807, 2.05) is 12.1 Å². The Morgan fingerprint density at radius 1 is 1.10 bits per heavy atom. The van der Waals surface area contributed by atoms with Gasteiger partial charge in [-0.15, -0.1) is 0 Å². The summed E-state index contributed by atoms with van der Waals surface area (Å²) in [5.41, 5.74) is 1.29. The quantitative estimate of drug-likeness (QED) is 0.725. The number of rotatable bonds is 7. The second-order valence-electron chi connectivity index (χ2n) is 8.44. The van der Waals surface area contributed by atoms with E-state index < -0.39 is 0 Å². The number of hydrogen-bond acceptors (Lipinski definition) is 4. The number of phenols is 1. The molecule has 1 N–H and O–H groups in total. The highest BCUT2D eigenvalue weighted by molar-refractivity contribution is 5.34. The number of aromatic hydroxyl groups is 1. The fraction of sp³-hybridized carbons (Fsp3) is 0.500. The molecule has 2 aromatic carbocycles. The van der Waals surface area contributed by atoms with Gasteiger partial charge >= 0.3 is 0 Å². The summed E-state index contributed by atoms with van der Waals surface area (Å²) in [6, 6.07) is 12.3. The predicted molar refractivity (Wildman–Crippen MR) is 111 cm³/mol. The molecule has 1 aliphatic carbocycles. The van der Waals surface area contributed by atoms with E-state index in [1.165, 1.54) is 11.6 Å². The van der Waals surface area contributed by atoms with E-state index in [-0.39, 0.29) is 11.9 Å². The van der Waals surface area contributed by atoms with Gasteiger partial charge in [0.15, 0.2) is 11.6 Å². The van der Waals surface area contributed by atoms with Crippen molar-refractivity contribution < 1.29 is 19.0 Å². The highest BCUT2D eigenvalue weighted by atomic mass is 19.1. The van der Waals surface area contributed by atoms with Crippen LogP contribution in [0.5, 0.6) is 17.2 Å². The van der Waals surface area contributed by atoms with Crippen molar-refractivity contribution in [3.8, 4) is 17.2 Å². The van der Waals surface area contributed by atoms with E-state index in [0.717, 1.165) is 38.9 Å². The van der Waals surface area contributed by atoms with Crippen molar-refractivity contribution in [2.45, 2.75) is 38.2 Å². The molecule has 0 aromatic heterocycles. The Hall–Kier alpha value is -2.27. The Labute approximate surface area is 172 Å². The van der Waals surface area contributed by atoms with E-state index in [1.54, 1.807) is 31.4 Å². The first kappa shape index (κ1) is 20.0. The zero-order valence-electron chi connectivity index (χ0n) is 17.2. The SMILES string of the molecule is CCC(CN1C[C@H]2CC(Oc3cc(OC)ccc3F)C[C@H]2C1)c1ccc(O)cc1. The topological polar surface area (TPSA) is 41.9 Å². The minimum Gasteiger partial charge on any atom is -0.508 e. The van der Waals surface area contributed by atoms with Gasteiger partial charge < -0.3 is 19.5 Å². The van der Waals surface area contributed by atoms with Crippen LogP contribution in [-0.2, 0) is 0 Å². The zero-order valence-corrected chi connectivity index (χ0v) is 17.2. The monoisotopic (exact) mass is 399 g/mol. The Balaban J connectivity index is 1.32. The molecule has 4 nitrogen and oxygen atoms in total. The normalized spacial score (nSPS) is 25.0. The molecule has 0 amide bonds. The van der Waals surface area contributed by atoms with Crippen molar-refractivity contribution in [2.24, 2.45) is 11.8 Å². The van der Waals surface area contributed by atoms with Crippen molar-refractivity contribution in [3.05, 3.63) is 53.8 Å². The molecule has 1 aliphatic heterocycles. The van der Waals surface area contributed by atoms with Gasteiger partial charge in [0.25, 0.3) is 0 Å². The highest BCUT2D eigenvalue weighted by Gasteiger charge is 2.42. The smallest absolute Gasteiger partial charge is 0.165 e. The number of nitrogens with zero attached hydrogens (tertiary/aromatic N) is 1. The lowest BCUT2D eigenvalue weighted by atomic mass is 9.96. The molecule has 29 heavy (non-hydrogen) atoms. The summed E-state index contributed by atoms with van der Waals surface area (Å²) in [5, 5.41) is 9.53. The summed E-state index contributed by atoms with van der Waals surface area (Å²) in [4.78, 5) is 2.57. The minimum absolute atomic E-state index is 0.0767. The molecule has 156 valence electrons. The van der Waals surface area contributed by atoms with Crippen molar-refractivity contribution in [3.63, 3.8) is 0 Å². The van der Waals surface area contributed by atoms with Crippen LogP contribution in [0.2, 0.25) is 0 Å². The van der Waals surface area contributed by atoms with Crippen LogP contribution in [0.3, 0.4) is 0 Å². The number of ether oxygens (including phenoxy) is 2. The Kier molecular flexibility index (Phi) is 5.95. The predicted octanol–water partition coefficient (Wildman–Crippen LogP) is 4.82. The maximum Gasteiger partial charge on any atom is 0.165 e. The standard InChI is InChI=1S/C24H30FNO3/c1-3-16(17-4-6-20(27)7-5-17)13-26-14-18-10-22(11-19(18)15-26)29-24-12-21(28-2)8-9-23(24)25/h4-9,12,16,18-19,22,27H,3,10-11,13-15H2,1-2H3/t16?,18-,19+,22?. The number of phenolic OH excluding ortho intramolecular Hbond substituents is 1. The summed E-state index contributed by atoms with van der Waals surface area (Å²) in [5.74, 6) is 2.61. The summed E-state index contributed by atoms with van der Waals surface area (Å²) in [6.07, 6.45) is 3.12. The first-order valence-corrected chi connectivity index (χ1v) is 10.6. The van der Waals surface area contributed by atoms with Crippen LogP contribution in [0, 0.1) is 17.7 Å². The number of benzene rings is 2. The van der Waals surface area contributed by atoms with Crippen LogP contribution in [0.15, 0.2) is 42.5 Å². The first-order chi connectivity index (χ1) is 14.1. The Bertz CT molecular complexity index is 811. The van der Waals surface area contributed by atoms with Crippen molar-refractivity contribution in [1.29, 1.82) is 0 Å². The van der Waals surface area contributed by atoms with Gasteiger partial charge in [-0.2, -0.15) is 0 Å². The van der Waals surface area contributed by atoms with Crippen LogP contribution in [0.1, 0.15) is 37.7 Å². The van der Waals surface area contributed by atoms with Gasteiger partial charge in [-0.05, 0) is 66.8 Å². The molecule has 4 rings (SSSR count). The molecule has 2 unspecified atom stereocenters. The van der Waals surface area contributed by atoms with Gasteiger partial charge in [-0.25, -0.2) is 4.39 Å². The summed E-state index contributed by atoms with van der Waals surface area (Å²) in [7, 11) is 1.58. The van der Waals surface area contributed by atoms with E-state index in [2.05, 4.69) is 11.8 Å². The first-order valence-electron chi connectivity index (χ1n) is 10.6. The molecule has 2 aromatic rings. The van der Waals surface area contributed by atoms with Gasteiger partial charge in [-0.1, -0.05) is 19.1 Å². The summed E-state index contributed by atoms with van der Waals surface area (Å²) >= 11 is 0. The average molecular weight is 400 g/mol. The number of likely N-dealkylation sites (tertiary alicyclic amines) is 1. The second kappa shape index (κ2) is 8.62. The summed E-state index contributed by atoms with van der Waals surface area (Å²) in [6.45, 7) is 5.44. The lowest BCUT2D eigenvalue weighted by Crippen LogP contribution is -2.28. The molecule has 5 heteroatoms. The second-order valence-corrected chi connectivity index (χ2v) is 8.44. The Morgan fingerprint density at radius 2 is 1.79 bits per heavy atom. The largest absolute Gasteiger partial charge is 0.508 e. The Morgan fingerprint density at radius 3 is 2.41 bits per heavy atom. The van der Waals surface area contributed by atoms with Crippen LogP contribution in [-0.4, -0.2) is 42.9 Å². The van der Waals surface area contributed by atoms with Gasteiger partial charge in [0.1, 0.15) is 11.5 Å². The van der Waals surface area contributed by atoms with Crippen molar-refractivity contribution in [1.82, 2.24) is 4.90 Å². The van der Waals surface area contributed by atoms with Crippen LogP contribution in [0.4, 0.5) is 4.39 Å². The molecular formula is C24H30FNO3. The van der Waals surface area contributed by atoms with Crippen molar-refractivity contribution in [2.75, 3.05) is 26.7 Å². The lowest BCUT2D eigenvalue weighted by Gasteiger charge is -2.25. The van der Waals surface area contributed by atoms with E-state index in [0.29, 0.717) is 35.0 Å². The number of methoxy groups -OCH3 is 1. The van der Waals surface area contributed by atoms with Gasteiger partial charge in [0.2, 0.25) is 0 Å². The van der Waals surface area contributed by atoms with E-state index in [9.17, 15) is 9.50 Å². The average Bonchev–Trinajstić information content (AvgIpc) is 3.26. The lowest BCUT2D eigenvalue weighted by molar-refractivity contribution is 0.176. The van der Waals surface area contributed by atoms with E-state index >= 15 is 0 Å². The molecule has 1 heterocycles. The molecule has 2 fully saturated rings. The molecule has 0 radical (unpaired) electrons. The molecule has 4 atom stereocenters. The van der Waals surface area contributed by atoms with Gasteiger partial charge in [-0.3, -0.25) is 0 Å². The summed E-state index contributed by atoms with van der Waals surface area (Å²) < 4.78 is 25.3. The van der Waals surface area contributed by atoms with Crippen LogP contribution >= 0.6 is 0 Å². The maximum absolute atomic E-state index is 14.1. The molecule has 1 saturated heterocycles. The fourth-order valence-electron chi connectivity index (χ4n) is 5.00. The maximum atomic E-state index is 14.1. The molecular weight excluding hydrogens is 369 g/mol. The van der Waals surface area contributed by atoms with Gasteiger partial charge in [0, 0.05) is 25.7 Å². The third kappa shape index (κ3) is 4.50. The van der Waals surface area contributed by atoms with Crippen molar-refractivity contribution >= 4 is 0 Å². The molecule has 2 aliphatic rings. The molecule has 0 bridgehead atoms. The molecule has 1 saturated carbocycles. The highest BCUT2D eigenvalue weighted by Crippen LogP contribution is 2.41. The van der Waals surface area contributed by atoms with Crippen LogP contribution in [0.25, 0.3) is 0 Å². The van der Waals surface area contributed by atoms with Crippen LogP contribution < -0.4 is 9.47 Å². The minimum atomic E-state index is -0.329. The third-order valence-electron chi connectivity index (χ3n) is 6.55.